The largest absolute Gasteiger partial charge is 0.469 e. The first-order valence-electron chi connectivity index (χ1n) is 11.0. The van der Waals surface area contributed by atoms with Crippen LogP contribution in [0.3, 0.4) is 0 Å². The van der Waals surface area contributed by atoms with E-state index in [-0.39, 0.29) is 5.97 Å². The molecule has 0 aromatic heterocycles. The minimum absolute atomic E-state index is 0.0913. The molecule has 27 heavy (non-hydrogen) atoms. The van der Waals surface area contributed by atoms with Gasteiger partial charge in [0.05, 0.1) is 13.2 Å². The number of carbonyl (C=O) groups is 1. The monoisotopic (exact) mass is 381 g/mol. The molecule has 6 nitrogen and oxygen atoms in total. The maximum atomic E-state index is 11.2. The van der Waals surface area contributed by atoms with Crippen molar-refractivity contribution in [2.75, 3.05) is 53.0 Å². The zero-order valence-electron chi connectivity index (χ0n) is 17.3. The van der Waals surface area contributed by atoms with E-state index in [4.69, 9.17) is 9.47 Å². The maximum absolute atomic E-state index is 11.2. The second kappa shape index (κ2) is 10.7. The van der Waals surface area contributed by atoms with Gasteiger partial charge in [-0.1, -0.05) is 6.92 Å². The van der Waals surface area contributed by atoms with Crippen LogP contribution in [0.15, 0.2) is 0 Å². The number of methoxy groups -OCH3 is 1. The van der Waals surface area contributed by atoms with Crippen molar-refractivity contribution in [2.24, 2.45) is 5.92 Å². The van der Waals surface area contributed by atoms with E-state index in [1.165, 1.54) is 52.3 Å². The molecule has 1 N–H and O–H groups in total. The number of rotatable bonds is 8. The Morgan fingerprint density at radius 1 is 1.15 bits per heavy atom. The van der Waals surface area contributed by atoms with Crippen LogP contribution in [-0.2, 0) is 14.3 Å². The van der Waals surface area contributed by atoms with Crippen LogP contribution in [-0.4, -0.2) is 86.9 Å². The number of ether oxygens (including phenoxy) is 2. The molecule has 156 valence electrons. The van der Waals surface area contributed by atoms with Crippen molar-refractivity contribution in [2.45, 2.75) is 70.1 Å². The average Bonchev–Trinajstić information content (AvgIpc) is 3.18. The summed E-state index contributed by atoms with van der Waals surface area (Å²) in [4.78, 5) is 16.3. The molecule has 3 saturated heterocycles. The number of esters is 1. The first-order valence-corrected chi connectivity index (χ1v) is 11.0. The van der Waals surface area contributed by atoms with Crippen molar-refractivity contribution in [3.05, 3.63) is 0 Å². The lowest BCUT2D eigenvalue weighted by atomic mass is 9.91. The van der Waals surface area contributed by atoms with Gasteiger partial charge in [-0.15, -0.1) is 0 Å². The third-order valence-electron chi connectivity index (χ3n) is 6.60. The second-order valence-electron chi connectivity index (χ2n) is 8.73. The predicted molar refractivity (Wildman–Crippen MR) is 107 cm³/mol. The predicted octanol–water partition coefficient (Wildman–Crippen LogP) is 1.88. The molecule has 3 fully saturated rings. The SMILES string of the molecule is COC(=O)CCCN1CCC(N[C@@H]2CCN(C[C@@H]3CCCO3)C[C@@H]2C)CC1. The number of hydrogen-bond acceptors (Lipinski definition) is 6. The third-order valence-corrected chi connectivity index (χ3v) is 6.60. The summed E-state index contributed by atoms with van der Waals surface area (Å²) < 4.78 is 10.5. The summed E-state index contributed by atoms with van der Waals surface area (Å²) >= 11 is 0. The zero-order chi connectivity index (χ0) is 19.1. The van der Waals surface area contributed by atoms with Crippen LogP contribution in [0.5, 0.6) is 0 Å². The van der Waals surface area contributed by atoms with E-state index in [0.29, 0.717) is 30.5 Å². The Labute approximate surface area is 164 Å². The van der Waals surface area contributed by atoms with Crippen LogP contribution in [0.1, 0.15) is 51.9 Å². The lowest BCUT2D eigenvalue weighted by Crippen LogP contribution is -2.54. The number of carbonyl (C=O) groups excluding carboxylic acids is 1. The van der Waals surface area contributed by atoms with Gasteiger partial charge < -0.3 is 24.6 Å². The molecule has 6 heteroatoms. The zero-order valence-corrected chi connectivity index (χ0v) is 17.3. The molecular weight excluding hydrogens is 342 g/mol. The van der Waals surface area contributed by atoms with E-state index < -0.39 is 0 Å². The highest BCUT2D eigenvalue weighted by molar-refractivity contribution is 5.69. The van der Waals surface area contributed by atoms with Gasteiger partial charge in [-0.3, -0.25) is 4.79 Å². The molecule has 0 radical (unpaired) electrons. The van der Waals surface area contributed by atoms with Gasteiger partial charge in [0.15, 0.2) is 0 Å². The molecule has 0 saturated carbocycles. The Morgan fingerprint density at radius 2 is 1.93 bits per heavy atom. The van der Waals surface area contributed by atoms with Gasteiger partial charge in [-0.05, 0) is 70.6 Å². The Morgan fingerprint density at radius 3 is 2.59 bits per heavy atom. The standard InChI is InChI=1S/C21H39N3O3/c1-17-15-24(16-19-5-4-14-27-19)13-9-20(17)22-18-7-11-23(12-8-18)10-3-6-21(25)26-2/h17-20,22H,3-16H2,1-2H3/t17-,19-,20+/m0/s1. The third kappa shape index (κ3) is 6.70. The highest BCUT2D eigenvalue weighted by Crippen LogP contribution is 2.22. The second-order valence-corrected chi connectivity index (χ2v) is 8.73. The van der Waals surface area contributed by atoms with Crippen molar-refractivity contribution < 1.29 is 14.3 Å². The molecule has 0 bridgehead atoms. The van der Waals surface area contributed by atoms with Gasteiger partial charge in [0.25, 0.3) is 0 Å². The van der Waals surface area contributed by atoms with Gasteiger partial charge in [-0.2, -0.15) is 0 Å². The molecule has 3 aliphatic heterocycles. The van der Waals surface area contributed by atoms with Gasteiger partial charge in [0.2, 0.25) is 0 Å². The molecule has 0 aromatic rings. The fraction of sp³-hybridized carbons (Fsp3) is 0.952. The van der Waals surface area contributed by atoms with E-state index in [9.17, 15) is 4.79 Å². The van der Waals surface area contributed by atoms with E-state index in [1.54, 1.807) is 0 Å². The molecule has 3 rings (SSSR count). The van der Waals surface area contributed by atoms with Crippen molar-refractivity contribution >= 4 is 5.97 Å². The maximum Gasteiger partial charge on any atom is 0.305 e. The lowest BCUT2D eigenvalue weighted by Gasteiger charge is -2.41. The summed E-state index contributed by atoms with van der Waals surface area (Å²) in [5, 5.41) is 3.97. The fourth-order valence-electron chi connectivity index (χ4n) is 4.90. The summed E-state index contributed by atoms with van der Waals surface area (Å²) in [6, 6.07) is 1.31. The van der Waals surface area contributed by atoms with Gasteiger partial charge in [0.1, 0.15) is 0 Å². The van der Waals surface area contributed by atoms with Crippen molar-refractivity contribution in [1.82, 2.24) is 15.1 Å². The number of nitrogens with zero attached hydrogens (tertiary/aromatic N) is 2. The van der Waals surface area contributed by atoms with Crippen molar-refractivity contribution in [3.8, 4) is 0 Å². The molecule has 3 heterocycles. The summed E-state index contributed by atoms with van der Waals surface area (Å²) in [7, 11) is 1.47. The first kappa shape index (κ1) is 21.0. The van der Waals surface area contributed by atoms with Crippen LogP contribution in [0, 0.1) is 5.92 Å². The molecule has 0 amide bonds. The molecule has 3 atom stereocenters. The van der Waals surface area contributed by atoms with Crippen LogP contribution < -0.4 is 5.32 Å². The summed E-state index contributed by atoms with van der Waals surface area (Å²) in [5.74, 6) is 0.615. The summed E-state index contributed by atoms with van der Waals surface area (Å²) in [6.45, 7) is 10.2. The van der Waals surface area contributed by atoms with Gasteiger partial charge in [0, 0.05) is 38.2 Å². The number of likely N-dealkylation sites (tertiary alicyclic amines) is 2. The molecule has 0 unspecified atom stereocenters. The van der Waals surface area contributed by atoms with Gasteiger partial charge >= 0.3 is 5.97 Å². The number of nitrogens with one attached hydrogen (secondary N) is 1. The summed E-state index contributed by atoms with van der Waals surface area (Å²) in [6.07, 6.45) is 8.10. The number of piperidine rings is 2. The smallest absolute Gasteiger partial charge is 0.305 e. The molecular formula is C21H39N3O3. The highest BCUT2D eigenvalue weighted by Gasteiger charge is 2.30. The Bertz CT molecular complexity index is 448. The average molecular weight is 382 g/mol. The van der Waals surface area contributed by atoms with E-state index in [2.05, 4.69) is 22.0 Å². The molecule has 0 spiro atoms. The Kier molecular flexibility index (Phi) is 8.37. The highest BCUT2D eigenvalue weighted by atomic mass is 16.5. The van der Waals surface area contributed by atoms with E-state index in [1.807, 2.05) is 0 Å². The van der Waals surface area contributed by atoms with E-state index in [0.717, 1.165) is 39.2 Å². The topological polar surface area (TPSA) is 54.0 Å². The Balaban J connectivity index is 1.30. The number of hydrogen-bond donors (Lipinski definition) is 1. The van der Waals surface area contributed by atoms with Crippen LogP contribution in [0.25, 0.3) is 0 Å². The normalized spacial score (nSPS) is 31.3. The van der Waals surface area contributed by atoms with Crippen LogP contribution in [0.4, 0.5) is 0 Å². The van der Waals surface area contributed by atoms with Crippen molar-refractivity contribution in [3.63, 3.8) is 0 Å². The Hall–Kier alpha value is -0.690. The fourth-order valence-corrected chi connectivity index (χ4v) is 4.90. The quantitative estimate of drug-likeness (QED) is 0.648. The lowest BCUT2D eigenvalue weighted by molar-refractivity contribution is -0.140. The molecule has 3 aliphatic rings. The molecule has 0 aliphatic carbocycles. The van der Waals surface area contributed by atoms with Crippen molar-refractivity contribution in [1.29, 1.82) is 0 Å². The van der Waals surface area contributed by atoms with Gasteiger partial charge in [-0.25, -0.2) is 0 Å². The first-order chi connectivity index (χ1) is 13.1. The molecule has 0 aromatic carbocycles. The van der Waals surface area contributed by atoms with Crippen LogP contribution in [0.2, 0.25) is 0 Å². The minimum atomic E-state index is -0.0913. The van der Waals surface area contributed by atoms with E-state index >= 15 is 0 Å². The minimum Gasteiger partial charge on any atom is -0.469 e. The van der Waals surface area contributed by atoms with Crippen LogP contribution >= 0.6 is 0 Å². The summed E-state index contributed by atoms with van der Waals surface area (Å²) in [5.41, 5.74) is 0.